The summed E-state index contributed by atoms with van der Waals surface area (Å²) in [7, 11) is 0. The average molecular weight is 223 g/mol. The van der Waals surface area contributed by atoms with Crippen LogP contribution in [0.5, 0.6) is 0 Å². The first kappa shape index (κ1) is 10.0. The van der Waals surface area contributed by atoms with Gasteiger partial charge in [0, 0.05) is 9.75 Å². The molecule has 0 saturated heterocycles. The first-order valence-electron chi connectivity index (χ1n) is 4.89. The van der Waals surface area contributed by atoms with Crippen LogP contribution in [0.15, 0.2) is 4.99 Å². The van der Waals surface area contributed by atoms with Crippen molar-refractivity contribution in [2.24, 2.45) is 4.99 Å². The van der Waals surface area contributed by atoms with Crippen LogP contribution in [0.2, 0.25) is 0 Å². The van der Waals surface area contributed by atoms with Crippen LogP contribution in [0.1, 0.15) is 39.8 Å². The zero-order valence-corrected chi connectivity index (χ0v) is 10.1. The number of rotatable bonds is 1. The Labute approximate surface area is 93.9 Å². The van der Waals surface area contributed by atoms with Crippen LogP contribution in [-0.2, 0) is 6.42 Å². The van der Waals surface area contributed by atoms with Crippen molar-refractivity contribution in [1.82, 2.24) is 0 Å². The third kappa shape index (κ3) is 1.56. The van der Waals surface area contributed by atoms with Gasteiger partial charge in [-0.2, -0.15) is 0 Å². The Kier molecular flexibility index (Phi) is 2.82. The summed E-state index contributed by atoms with van der Waals surface area (Å²) in [6, 6.07) is 0.293. The van der Waals surface area contributed by atoms with Crippen LogP contribution in [-0.4, -0.2) is 5.16 Å². The molecule has 0 aromatic carbocycles. The number of aliphatic imine (C=N–C) groups is 1. The van der Waals surface area contributed by atoms with Gasteiger partial charge in [0.05, 0.1) is 11.2 Å². The first-order chi connectivity index (χ1) is 6.74. The van der Waals surface area contributed by atoms with Gasteiger partial charge in [-0.15, -0.1) is 11.3 Å². The normalized spacial score (nSPS) is 20.0. The number of hydrogen-bond acceptors (Lipinski definition) is 3. The maximum absolute atomic E-state index is 4.70. The number of thiophene rings is 1. The van der Waals surface area contributed by atoms with Crippen molar-refractivity contribution in [2.75, 3.05) is 0 Å². The summed E-state index contributed by atoms with van der Waals surface area (Å²) in [6.45, 7) is 4.39. The summed E-state index contributed by atoms with van der Waals surface area (Å²) < 4.78 is 0. The second kappa shape index (κ2) is 3.93. The van der Waals surface area contributed by atoms with Crippen molar-refractivity contribution in [3.05, 3.63) is 20.9 Å². The fourth-order valence-corrected chi connectivity index (χ4v) is 3.53. The van der Waals surface area contributed by atoms with Crippen molar-refractivity contribution in [3.8, 4) is 0 Å². The third-order valence-electron chi connectivity index (χ3n) is 2.93. The first-order valence-corrected chi connectivity index (χ1v) is 6.12. The lowest BCUT2D eigenvalue weighted by molar-refractivity contribution is 0.580. The Hall–Kier alpha value is -0.500. The van der Waals surface area contributed by atoms with Crippen molar-refractivity contribution < 1.29 is 0 Å². The highest BCUT2D eigenvalue weighted by Gasteiger charge is 2.24. The summed E-state index contributed by atoms with van der Waals surface area (Å²) in [5.74, 6) is 0. The van der Waals surface area contributed by atoms with Gasteiger partial charge in [-0.3, -0.25) is 0 Å². The Morgan fingerprint density at radius 3 is 3.00 bits per heavy atom. The maximum Gasteiger partial charge on any atom is 0.0865 e. The van der Waals surface area contributed by atoms with Gasteiger partial charge in [0.2, 0.25) is 0 Å². The Morgan fingerprint density at radius 1 is 1.50 bits per heavy atom. The van der Waals surface area contributed by atoms with Gasteiger partial charge >= 0.3 is 0 Å². The molecule has 1 unspecified atom stereocenters. The molecule has 0 saturated carbocycles. The SMILES string of the molecule is Cc1sc2c(c1C)C(N=C=S)CCC2. The van der Waals surface area contributed by atoms with Crippen LogP contribution in [0.3, 0.4) is 0 Å². The molecule has 1 aromatic rings. The van der Waals surface area contributed by atoms with Crippen LogP contribution in [0, 0.1) is 13.8 Å². The Morgan fingerprint density at radius 2 is 2.29 bits per heavy atom. The minimum atomic E-state index is 0.293. The fraction of sp³-hybridized carbons (Fsp3) is 0.545. The van der Waals surface area contributed by atoms with Crippen molar-refractivity contribution in [3.63, 3.8) is 0 Å². The quantitative estimate of drug-likeness (QED) is 0.520. The molecule has 0 radical (unpaired) electrons. The third-order valence-corrected chi connectivity index (χ3v) is 4.32. The molecule has 0 amide bonds. The second-order valence-corrected chi connectivity index (χ2v) is 5.24. The highest BCUT2D eigenvalue weighted by Crippen LogP contribution is 2.40. The van der Waals surface area contributed by atoms with E-state index in [0.717, 1.165) is 6.42 Å². The van der Waals surface area contributed by atoms with E-state index in [-0.39, 0.29) is 0 Å². The molecule has 14 heavy (non-hydrogen) atoms. The fourth-order valence-electron chi connectivity index (χ4n) is 2.13. The number of thiocarbonyl (C=S) groups is 1. The molecular formula is C11H13NS2. The number of nitrogens with zero attached hydrogens (tertiary/aromatic N) is 1. The summed E-state index contributed by atoms with van der Waals surface area (Å²) in [4.78, 5) is 7.22. The molecule has 2 rings (SSSR count). The summed E-state index contributed by atoms with van der Waals surface area (Å²) in [5.41, 5.74) is 2.86. The van der Waals surface area contributed by atoms with E-state index < -0.39 is 0 Å². The largest absolute Gasteiger partial charge is 0.224 e. The lowest BCUT2D eigenvalue weighted by atomic mass is 9.91. The average Bonchev–Trinajstić information content (AvgIpc) is 2.45. The van der Waals surface area contributed by atoms with E-state index in [0.29, 0.717) is 6.04 Å². The van der Waals surface area contributed by atoms with E-state index in [1.807, 2.05) is 11.3 Å². The van der Waals surface area contributed by atoms with E-state index >= 15 is 0 Å². The maximum atomic E-state index is 4.70. The standard InChI is InChI=1S/C11H13NS2/c1-7-8(2)14-10-5-3-4-9(11(7)10)12-6-13/h9H,3-5H2,1-2H3. The molecule has 0 fully saturated rings. The van der Waals surface area contributed by atoms with Gasteiger partial charge in [-0.1, -0.05) is 0 Å². The topological polar surface area (TPSA) is 12.4 Å². The van der Waals surface area contributed by atoms with Gasteiger partial charge in [0.25, 0.3) is 0 Å². The predicted molar refractivity (Wildman–Crippen MR) is 64.5 cm³/mol. The van der Waals surface area contributed by atoms with E-state index in [1.165, 1.54) is 33.7 Å². The molecule has 0 N–H and O–H groups in total. The summed E-state index contributed by atoms with van der Waals surface area (Å²) in [5, 5.41) is 2.53. The molecular weight excluding hydrogens is 210 g/mol. The summed E-state index contributed by atoms with van der Waals surface area (Å²) in [6.07, 6.45) is 3.59. The molecule has 74 valence electrons. The van der Waals surface area contributed by atoms with Crippen molar-refractivity contribution >= 4 is 28.7 Å². The molecule has 1 aromatic heterocycles. The van der Waals surface area contributed by atoms with Gasteiger partial charge in [0.1, 0.15) is 0 Å². The van der Waals surface area contributed by atoms with Crippen LogP contribution in [0.4, 0.5) is 0 Å². The Bertz CT molecular complexity index is 400. The van der Waals surface area contributed by atoms with Gasteiger partial charge in [-0.25, -0.2) is 4.99 Å². The molecule has 3 heteroatoms. The molecule has 1 heterocycles. The monoisotopic (exact) mass is 223 g/mol. The van der Waals surface area contributed by atoms with E-state index in [9.17, 15) is 0 Å². The van der Waals surface area contributed by atoms with Crippen molar-refractivity contribution in [1.29, 1.82) is 0 Å². The lowest BCUT2D eigenvalue weighted by Gasteiger charge is -2.18. The molecule has 0 aliphatic heterocycles. The van der Waals surface area contributed by atoms with Gasteiger partial charge in [0.15, 0.2) is 0 Å². The number of aryl methyl sites for hydroxylation is 2. The highest BCUT2D eigenvalue weighted by atomic mass is 32.1. The molecule has 0 spiro atoms. The number of fused-ring (bicyclic) bond motifs is 1. The number of isothiocyanates is 1. The lowest BCUT2D eigenvalue weighted by Crippen LogP contribution is -2.06. The smallest absolute Gasteiger partial charge is 0.0865 e. The molecule has 1 aliphatic rings. The zero-order chi connectivity index (χ0) is 10.1. The zero-order valence-electron chi connectivity index (χ0n) is 8.46. The van der Waals surface area contributed by atoms with Gasteiger partial charge in [-0.05, 0) is 56.5 Å². The van der Waals surface area contributed by atoms with Gasteiger partial charge < -0.3 is 0 Å². The van der Waals surface area contributed by atoms with E-state index in [1.54, 1.807) is 0 Å². The minimum absolute atomic E-state index is 0.293. The molecule has 1 atom stereocenters. The second-order valence-electron chi connectivity index (χ2n) is 3.75. The van der Waals surface area contributed by atoms with Crippen LogP contribution in [0.25, 0.3) is 0 Å². The van der Waals surface area contributed by atoms with Crippen molar-refractivity contribution in [2.45, 2.75) is 39.2 Å². The number of hydrogen-bond donors (Lipinski definition) is 0. The van der Waals surface area contributed by atoms with Crippen LogP contribution >= 0.6 is 23.6 Å². The minimum Gasteiger partial charge on any atom is -0.224 e. The molecule has 1 aliphatic carbocycles. The Balaban J connectivity index is 2.51. The van der Waals surface area contributed by atoms with E-state index in [4.69, 9.17) is 12.2 Å². The molecule has 1 nitrogen and oxygen atoms in total. The predicted octanol–water partition coefficient (Wildman–Crippen LogP) is 3.85. The van der Waals surface area contributed by atoms with E-state index in [2.05, 4.69) is 24.0 Å². The summed E-state index contributed by atoms with van der Waals surface area (Å²) >= 11 is 6.62. The highest BCUT2D eigenvalue weighted by molar-refractivity contribution is 7.78. The van der Waals surface area contributed by atoms with Crippen LogP contribution < -0.4 is 0 Å². The molecule has 0 bridgehead atoms.